The molecule has 0 aliphatic carbocycles. The van der Waals surface area contributed by atoms with Gasteiger partial charge in [0.05, 0.1) is 5.69 Å². The summed E-state index contributed by atoms with van der Waals surface area (Å²) in [4.78, 5) is 30.3. The Balaban J connectivity index is 1.35. The molecule has 0 unspecified atom stereocenters. The summed E-state index contributed by atoms with van der Waals surface area (Å²) < 4.78 is 13.1. The van der Waals surface area contributed by atoms with E-state index in [4.69, 9.17) is 9.47 Å². The van der Waals surface area contributed by atoms with Gasteiger partial charge in [-0.05, 0) is 37.5 Å². The van der Waals surface area contributed by atoms with Crippen molar-refractivity contribution in [2.75, 3.05) is 13.2 Å². The topological polar surface area (TPSA) is 94.5 Å². The number of amides is 2. The van der Waals surface area contributed by atoms with Crippen molar-refractivity contribution in [3.8, 4) is 22.9 Å². The van der Waals surface area contributed by atoms with Crippen LogP contribution < -0.4 is 20.3 Å². The highest BCUT2D eigenvalue weighted by Gasteiger charge is 2.25. The molecule has 2 aromatic carbocycles. The molecule has 2 N–H and O–H groups in total. The van der Waals surface area contributed by atoms with Crippen molar-refractivity contribution in [2.45, 2.75) is 32.2 Å². The second kappa shape index (κ2) is 8.74. The summed E-state index contributed by atoms with van der Waals surface area (Å²) in [6.45, 7) is 1.74. The monoisotopic (exact) mass is 432 g/mol. The third kappa shape index (κ3) is 3.91. The molecule has 0 fully saturated rings. The van der Waals surface area contributed by atoms with Crippen LogP contribution in [0.5, 0.6) is 11.5 Å². The van der Waals surface area contributed by atoms with Crippen molar-refractivity contribution in [1.82, 2.24) is 20.4 Å². The van der Waals surface area contributed by atoms with E-state index in [0.717, 1.165) is 49.3 Å². The lowest BCUT2D eigenvalue weighted by Crippen LogP contribution is -2.42. The Kier molecular flexibility index (Phi) is 5.49. The van der Waals surface area contributed by atoms with E-state index in [1.165, 1.54) is 0 Å². The van der Waals surface area contributed by atoms with Gasteiger partial charge in [0, 0.05) is 17.7 Å². The molecular weight excluding hydrogens is 408 g/mol. The van der Waals surface area contributed by atoms with Gasteiger partial charge in [-0.25, -0.2) is 4.98 Å². The Labute approximate surface area is 185 Å². The lowest BCUT2D eigenvalue weighted by molar-refractivity contribution is 0.0843. The molecule has 5 rings (SSSR count). The van der Waals surface area contributed by atoms with Crippen LogP contribution in [0.2, 0.25) is 0 Å². The maximum Gasteiger partial charge on any atom is 0.290 e. The van der Waals surface area contributed by atoms with Crippen LogP contribution in [0.1, 0.15) is 45.8 Å². The van der Waals surface area contributed by atoms with Gasteiger partial charge in [-0.3, -0.25) is 20.4 Å². The lowest BCUT2D eigenvalue weighted by atomic mass is 10.1. The molecule has 0 spiro atoms. The Morgan fingerprint density at radius 1 is 0.875 bits per heavy atom. The van der Waals surface area contributed by atoms with Gasteiger partial charge in [0.2, 0.25) is 0 Å². The summed E-state index contributed by atoms with van der Waals surface area (Å²) in [6.07, 6.45) is 3.94. The highest BCUT2D eigenvalue weighted by Crippen LogP contribution is 2.31. The van der Waals surface area contributed by atoms with Crippen LogP contribution in [-0.2, 0) is 13.0 Å². The van der Waals surface area contributed by atoms with Gasteiger partial charge in [-0.1, -0.05) is 36.8 Å². The number of carbonyl (C=O) groups is 2. The highest BCUT2D eigenvalue weighted by atomic mass is 16.6. The average molecular weight is 432 g/mol. The fourth-order valence-corrected chi connectivity index (χ4v) is 4.14. The van der Waals surface area contributed by atoms with Crippen LogP contribution in [0.15, 0.2) is 48.5 Å². The second-order valence-corrected chi connectivity index (χ2v) is 7.83. The second-order valence-electron chi connectivity index (χ2n) is 7.83. The predicted molar refractivity (Wildman–Crippen MR) is 118 cm³/mol. The van der Waals surface area contributed by atoms with E-state index >= 15 is 0 Å². The van der Waals surface area contributed by atoms with E-state index in [-0.39, 0.29) is 0 Å². The first-order valence-corrected chi connectivity index (χ1v) is 10.9. The fraction of sp³-hybridized carbons (Fsp3) is 0.292. The van der Waals surface area contributed by atoms with Gasteiger partial charge < -0.3 is 14.0 Å². The number of ether oxygens (including phenoxy) is 2. The number of hydrazine groups is 1. The van der Waals surface area contributed by atoms with E-state index in [2.05, 4.69) is 20.4 Å². The molecule has 3 heterocycles. The van der Waals surface area contributed by atoms with Gasteiger partial charge in [-0.2, -0.15) is 0 Å². The predicted octanol–water partition coefficient (Wildman–Crippen LogP) is 3.12. The third-order valence-electron chi connectivity index (χ3n) is 5.71. The fourth-order valence-electron chi connectivity index (χ4n) is 4.14. The number of aromatic nitrogens is 2. The van der Waals surface area contributed by atoms with Crippen LogP contribution in [0.3, 0.4) is 0 Å². The van der Waals surface area contributed by atoms with Crippen molar-refractivity contribution in [2.24, 2.45) is 0 Å². The summed E-state index contributed by atoms with van der Waals surface area (Å²) in [7, 11) is 0. The molecular formula is C24H24N4O4. The Hall–Kier alpha value is -3.81. The van der Waals surface area contributed by atoms with Gasteiger partial charge in [-0.15, -0.1) is 0 Å². The van der Waals surface area contributed by atoms with E-state index in [9.17, 15) is 9.59 Å². The smallest absolute Gasteiger partial charge is 0.290 e. The normalized spacial score (nSPS) is 14.8. The molecule has 2 aliphatic heterocycles. The molecule has 2 amide bonds. The van der Waals surface area contributed by atoms with Gasteiger partial charge >= 0.3 is 0 Å². The van der Waals surface area contributed by atoms with Crippen LogP contribution in [0.25, 0.3) is 11.4 Å². The maximum atomic E-state index is 13.0. The van der Waals surface area contributed by atoms with Crippen molar-refractivity contribution in [1.29, 1.82) is 0 Å². The van der Waals surface area contributed by atoms with Crippen molar-refractivity contribution in [3.63, 3.8) is 0 Å². The number of imidazole rings is 1. The molecule has 32 heavy (non-hydrogen) atoms. The highest BCUT2D eigenvalue weighted by molar-refractivity contribution is 5.99. The van der Waals surface area contributed by atoms with Crippen LogP contribution >= 0.6 is 0 Å². The molecule has 0 bridgehead atoms. The molecule has 0 atom stereocenters. The molecule has 8 heteroatoms. The first kappa shape index (κ1) is 20.1. The Bertz CT molecular complexity index is 1160. The lowest BCUT2D eigenvalue weighted by Gasteiger charge is -2.18. The SMILES string of the molecule is O=C(NNC(=O)c1nc(-c2ccccc2)n2c1CCCCC2)c1ccc2c(c1)OCCO2. The number of benzene rings is 2. The Morgan fingerprint density at radius 2 is 1.66 bits per heavy atom. The molecule has 3 aromatic rings. The molecule has 2 aliphatic rings. The van der Waals surface area contributed by atoms with Gasteiger partial charge in [0.1, 0.15) is 19.0 Å². The number of fused-ring (bicyclic) bond motifs is 2. The van der Waals surface area contributed by atoms with E-state index in [0.29, 0.717) is 36.0 Å². The number of carbonyl (C=O) groups excluding carboxylic acids is 2. The van der Waals surface area contributed by atoms with Gasteiger partial charge in [0.25, 0.3) is 11.8 Å². The van der Waals surface area contributed by atoms with Crippen LogP contribution in [0, 0.1) is 0 Å². The molecule has 164 valence electrons. The summed E-state index contributed by atoms with van der Waals surface area (Å²) in [5, 5.41) is 0. The maximum absolute atomic E-state index is 13.0. The number of nitrogens with one attached hydrogen (secondary N) is 2. The average Bonchev–Trinajstić information content (AvgIpc) is 3.03. The largest absolute Gasteiger partial charge is 0.486 e. The quantitative estimate of drug-likeness (QED) is 0.620. The standard InChI is InChI=1S/C24H24N4O4/c29-23(17-10-11-19-20(15-17)32-14-13-31-19)26-27-24(30)21-18-9-5-2-6-12-28(18)22(25-21)16-7-3-1-4-8-16/h1,3-4,7-8,10-11,15H,2,5-6,9,12-14H2,(H,26,29)(H,27,30). The van der Waals surface area contributed by atoms with E-state index in [1.54, 1.807) is 18.2 Å². The third-order valence-corrected chi connectivity index (χ3v) is 5.71. The molecule has 0 saturated heterocycles. The van der Waals surface area contributed by atoms with E-state index in [1.807, 2.05) is 30.3 Å². The summed E-state index contributed by atoms with van der Waals surface area (Å²) in [5.74, 6) is 1.03. The molecule has 0 saturated carbocycles. The molecule has 8 nitrogen and oxygen atoms in total. The number of hydrogen-bond acceptors (Lipinski definition) is 5. The zero-order valence-corrected chi connectivity index (χ0v) is 17.6. The summed E-state index contributed by atoms with van der Waals surface area (Å²) in [5.41, 5.74) is 7.61. The molecule has 1 aromatic heterocycles. The zero-order valence-electron chi connectivity index (χ0n) is 17.6. The van der Waals surface area contributed by atoms with Crippen LogP contribution in [-0.4, -0.2) is 34.6 Å². The first-order chi connectivity index (χ1) is 15.7. The minimum Gasteiger partial charge on any atom is -0.486 e. The van der Waals surface area contributed by atoms with Crippen molar-refractivity contribution >= 4 is 11.8 Å². The Morgan fingerprint density at radius 3 is 2.50 bits per heavy atom. The minimum absolute atomic E-state index is 0.355. The van der Waals surface area contributed by atoms with Crippen molar-refractivity contribution < 1.29 is 19.1 Å². The summed E-state index contributed by atoms with van der Waals surface area (Å²) in [6, 6.07) is 14.8. The van der Waals surface area contributed by atoms with Gasteiger partial charge in [0.15, 0.2) is 17.2 Å². The van der Waals surface area contributed by atoms with Crippen molar-refractivity contribution in [3.05, 3.63) is 65.5 Å². The number of nitrogens with zero attached hydrogens (tertiary/aromatic N) is 2. The minimum atomic E-state index is -0.441. The number of rotatable bonds is 3. The first-order valence-electron chi connectivity index (χ1n) is 10.9. The zero-order chi connectivity index (χ0) is 21.9. The summed E-state index contributed by atoms with van der Waals surface area (Å²) >= 11 is 0. The van der Waals surface area contributed by atoms with E-state index < -0.39 is 11.8 Å². The molecule has 0 radical (unpaired) electrons. The van der Waals surface area contributed by atoms with Crippen LogP contribution in [0.4, 0.5) is 0 Å². The number of hydrogen-bond donors (Lipinski definition) is 2.